The molecule has 16 heteroatoms. The predicted octanol–water partition coefficient (Wildman–Crippen LogP) is 5.35. The van der Waals surface area contributed by atoms with Crippen LogP contribution in [0.1, 0.15) is 15.4 Å². The Morgan fingerprint density at radius 3 is 0.977 bits per heavy atom. The van der Waals surface area contributed by atoms with Crippen molar-refractivity contribution in [2.75, 3.05) is 7.11 Å². The van der Waals surface area contributed by atoms with E-state index in [1.807, 2.05) is 24.3 Å². The van der Waals surface area contributed by atoms with Gasteiger partial charge in [0.1, 0.15) is 0 Å². The molecule has 3 rings (SSSR count). The maximum absolute atomic E-state index is 12.1. The second-order valence-corrected chi connectivity index (χ2v) is 10.5. The molecule has 0 amide bonds. The Balaban J connectivity index is -0.0000000532. The molecule has 1 heterocycles. The summed E-state index contributed by atoms with van der Waals surface area (Å²) in [6.45, 7) is 47.1. The number of carbonyl (C=O) groups excluding carboxylic acids is 1. The Hall–Kier alpha value is -2.97. The Morgan fingerprint density at radius 2 is 0.744 bits per heavy atom. The number of methoxy groups -OCH3 is 1. The van der Waals surface area contributed by atoms with Crippen molar-refractivity contribution in [3.63, 3.8) is 0 Å². The molecule has 218 valence electrons. The first kappa shape index (κ1) is 67.6. The number of hydrogen-bond acceptors (Lipinski definition) is 2. The van der Waals surface area contributed by atoms with Crippen molar-refractivity contribution in [3.8, 4) is 10.6 Å². The molecule has 0 saturated heterocycles. The van der Waals surface area contributed by atoms with Crippen LogP contribution in [0.5, 0.6) is 0 Å². The minimum absolute atomic E-state index is 0. The van der Waals surface area contributed by atoms with E-state index in [1.165, 1.54) is 23.0 Å². The molecule has 2 aromatic carbocycles. The van der Waals surface area contributed by atoms with Gasteiger partial charge < -0.3 is 4.74 Å². The van der Waals surface area contributed by atoms with Gasteiger partial charge in [-0.25, -0.2) is 4.79 Å². The zero-order valence-corrected chi connectivity index (χ0v) is 29.5. The van der Waals surface area contributed by atoms with Gasteiger partial charge in [0, 0.05) is 52.7 Å². The van der Waals surface area contributed by atoms with E-state index < -0.39 is 14.4 Å². The zero-order valence-electron chi connectivity index (χ0n) is 21.9. The molecular weight excluding hydrogens is 946 g/mol. The Bertz CT molecular complexity index is 1110. The van der Waals surface area contributed by atoms with Crippen molar-refractivity contribution in [2.45, 2.75) is 6.92 Å². The van der Waals surface area contributed by atoms with Gasteiger partial charge in [0.05, 0.1) is 12.4 Å². The summed E-state index contributed by atoms with van der Waals surface area (Å²) < 4.78 is 80.0. The first-order valence-corrected chi connectivity index (χ1v) is 12.2. The molecule has 0 radical (unpaired) electrons. The topological polar surface area (TPSA) is 225 Å². The summed E-state index contributed by atoms with van der Waals surface area (Å²) in [4.78, 5) is 12.1. The van der Waals surface area contributed by atoms with E-state index in [9.17, 15) is 4.79 Å². The second kappa shape index (κ2) is 67.0. The Labute approximate surface area is 279 Å². The fraction of sp³-hybridized carbons (Fsp3) is 0.0741. The summed E-state index contributed by atoms with van der Waals surface area (Å²) in [7, 11) is 0.424. The summed E-state index contributed by atoms with van der Waals surface area (Å²) in [5.41, 5.74) is 0. The summed E-state index contributed by atoms with van der Waals surface area (Å²) in [5, 5.41) is 4.70. The summed E-state index contributed by atoms with van der Waals surface area (Å²) in [6, 6.07) is 20.8. The average Bonchev–Trinajstić information content (AvgIpc) is 3.13. The van der Waals surface area contributed by atoms with E-state index in [-0.39, 0.29) is 48.1 Å². The van der Waals surface area contributed by atoms with Crippen molar-refractivity contribution >= 4 is 20.4 Å². The van der Waals surface area contributed by atoms with Gasteiger partial charge in [-0.1, -0.05) is 75.1 Å². The molecule has 0 fully saturated rings. The van der Waals surface area contributed by atoms with E-state index in [4.69, 9.17) is 51.3 Å². The number of ether oxygens (including phenoxy) is 1. The standard InChI is InChI=1S/C17H16O2P2.10CO.2W/c1-13-16(17(18)19-2)21(15-11-7-4-8-12-15)20(13)14-9-5-3-6-10-14;10*1-2;;/h3-12H,1-2H3;;;;;;;;;;;;. The summed E-state index contributed by atoms with van der Waals surface area (Å²) >= 11 is 0. The van der Waals surface area contributed by atoms with Crippen LogP contribution >= 0.6 is 14.4 Å². The molecule has 0 aliphatic rings. The molecule has 43 heavy (non-hydrogen) atoms. The number of esters is 1. The zero-order chi connectivity index (χ0) is 34.8. The minimum atomic E-state index is -0.611. The number of carbonyl (C=O) groups is 1. The van der Waals surface area contributed by atoms with Crippen molar-refractivity contribution in [1.29, 1.82) is 0 Å². The largest absolute Gasteiger partial charge is 0 e. The molecule has 0 N–H and O–H groups in total. The molecule has 2 atom stereocenters. The molecule has 0 bridgehead atoms. The van der Waals surface area contributed by atoms with Crippen LogP contribution in [0.4, 0.5) is 0 Å². The number of rotatable bonds is 3. The minimum Gasteiger partial charge on any atom is 0 e. The van der Waals surface area contributed by atoms with E-state index in [0.717, 1.165) is 5.30 Å². The van der Waals surface area contributed by atoms with Crippen molar-refractivity contribution < 1.29 is 98.2 Å². The molecule has 0 saturated carbocycles. The van der Waals surface area contributed by atoms with Gasteiger partial charge in [0.15, 0.2) is 0 Å². The van der Waals surface area contributed by atoms with Gasteiger partial charge in [-0.05, 0) is 12.2 Å². The van der Waals surface area contributed by atoms with Crippen LogP contribution in [-0.4, -0.2) is 13.1 Å². The molecule has 0 aliphatic carbocycles. The molecule has 12 nitrogen and oxygen atoms in total. The van der Waals surface area contributed by atoms with Crippen molar-refractivity contribution in [2.24, 2.45) is 0 Å². The van der Waals surface area contributed by atoms with Gasteiger partial charge in [-0.2, -0.15) is 0 Å². The first-order valence-electron chi connectivity index (χ1n) is 8.77. The van der Waals surface area contributed by atoms with Crippen LogP contribution < -0.4 is 0 Å². The molecule has 0 spiro atoms. The molecule has 1 aromatic heterocycles. The normalized spacial score (nSPS) is 6.47. The van der Waals surface area contributed by atoms with Gasteiger partial charge in [-0.3, -0.25) is 0 Å². The van der Waals surface area contributed by atoms with E-state index in [0.29, 0.717) is 0 Å². The molecular formula is C27H16O12P2W2. The third-order valence-electron chi connectivity index (χ3n) is 3.45. The van der Waals surface area contributed by atoms with Crippen molar-refractivity contribution in [1.82, 2.24) is 0 Å². The monoisotopic (exact) mass is 962 g/mol. The third kappa shape index (κ3) is 28.9. The SMILES string of the molecule is COC(=O)c1c(C)p(-c2ccccc2)p1-c1ccccc1.[C-]#[O+].[C-]#[O+].[C-]#[O+].[C-]#[O+].[C-]#[O+].[C-]#[O+].[C-]#[O+].[C-]#[O+].[C-]#[O+].[C-]#[O+].[W].[W]. The third-order valence-corrected chi connectivity index (χ3v) is 11.5. The fourth-order valence-electron chi connectivity index (χ4n) is 2.48. The Kier molecular flexibility index (Phi) is 105. The Morgan fingerprint density at radius 1 is 0.512 bits per heavy atom. The molecule has 0 aliphatic heterocycles. The second-order valence-electron chi connectivity index (χ2n) is 4.72. The van der Waals surface area contributed by atoms with Gasteiger partial charge >= 0.3 is 119 Å². The van der Waals surface area contributed by atoms with Gasteiger partial charge in [-0.15, -0.1) is 0 Å². The maximum atomic E-state index is 12.1. The van der Waals surface area contributed by atoms with E-state index in [1.54, 1.807) is 0 Å². The maximum Gasteiger partial charge on any atom is 0 e. The number of benzene rings is 2. The van der Waals surface area contributed by atoms with E-state index >= 15 is 0 Å². The van der Waals surface area contributed by atoms with Crippen LogP contribution in [0.15, 0.2) is 60.7 Å². The van der Waals surface area contributed by atoms with Crippen molar-refractivity contribution in [3.05, 3.63) is 138 Å². The number of hydrogen-bond donors (Lipinski definition) is 0. The fourth-order valence-corrected chi connectivity index (χ4v) is 10.5. The molecule has 2 unspecified atom stereocenters. The van der Waals surface area contributed by atoms with Crippen LogP contribution in [0, 0.1) is 73.4 Å². The average molecular weight is 962 g/mol. The first-order chi connectivity index (χ1) is 20.2. The quantitative estimate of drug-likeness (QED) is 0.192. The van der Waals surface area contributed by atoms with Crippen LogP contribution in [0.2, 0.25) is 0 Å². The summed E-state index contributed by atoms with van der Waals surface area (Å²) in [5.74, 6) is -0.169. The molecule has 3 aromatic rings. The smallest absolute Gasteiger partial charge is 0 e. The predicted molar refractivity (Wildman–Crippen MR) is 130 cm³/mol. The van der Waals surface area contributed by atoms with Crippen LogP contribution in [0.25, 0.3) is 10.6 Å². The van der Waals surface area contributed by atoms with Gasteiger partial charge in [0.2, 0.25) is 0 Å². The summed E-state index contributed by atoms with van der Waals surface area (Å²) in [6.07, 6.45) is 0. The van der Waals surface area contributed by atoms with E-state index in [2.05, 4.69) is 110 Å². The van der Waals surface area contributed by atoms with Crippen LogP contribution in [0.3, 0.4) is 0 Å². The van der Waals surface area contributed by atoms with Crippen LogP contribution in [-0.2, 0) is 93.4 Å². The van der Waals surface area contributed by atoms with Gasteiger partial charge in [0.25, 0.3) is 0 Å².